The van der Waals surface area contributed by atoms with Crippen LogP contribution in [-0.4, -0.2) is 23.2 Å². The van der Waals surface area contributed by atoms with Gasteiger partial charge in [-0.2, -0.15) is 4.98 Å². The minimum atomic E-state index is -0.392. The number of amides is 1. The number of aromatic nitrogens is 2. The molecule has 92 valence electrons. The molecule has 0 spiro atoms. The largest absolute Gasteiger partial charge is 0.497 e. The molecule has 0 fully saturated rings. The van der Waals surface area contributed by atoms with Crippen LogP contribution in [0.2, 0.25) is 0 Å². The summed E-state index contributed by atoms with van der Waals surface area (Å²) in [6.07, 6.45) is 1.13. The second-order valence-corrected chi connectivity index (χ2v) is 3.35. The van der Waals surface area contributed by atoms with Crippen molar-refractivity contribution in [2.45, 2.75) is 0 Å². The third-order valence-electron chi connectivity index (χ3n) is 2.18. The van der Waals surface area contributed by atoms with Crippen LogP contribution in [0.1, 0.15) is 0 Å². The predicted molar refractivity (Wildman–Crippen MR) is 65.1 cm³/mol. The van der Waals surface area contributed by atoms with Gasteiger partial charge in [0.05, 0.1) is 7.11 Å². The van der Waals surface area contributed by atoms with Crippen molar-refractivity contribution in [1.82, 2.24) is 10.1 Å². The van der Waals surface area contributed by atoms with E-state index in [0.717, 1.165) is 17.4 Å². The molecule has 0 unspecified atom stereocenters. The van der Waals surface area contributed by atoms with Gasteiger partial charge in [-0.05, 0) is 35.5 Å². The molecule has 1 N–H and O–H groups in total. The number of carbonyl (C=O) groups excluding carboxylic acids is 1. The molecule has 0 aliphatic carbocycles. The van der Waals surface area contributed by atoms with Gasteiger partial charge in [0.2, 0.25) is 5.91 Å². The number of anilines is 1. The number of rotatable bonds is 4. The maximum Gasteiger partial charge on any atom is 0.270 e. The van der Waals surface area contributed by atoms with Crippen LogP contribution in [0.3, 0.4) is 0 Å². The highest BCUT2D eigenvalue weighted by molar-refractivity contribution is 5.97. The fraction of sp³-hybridized carbons (Fsp3) is 0.0833. The van der Waals surface area contributed by atoms with Gasteiger partial charge in [-0.15, -0.1) is 0 Å². The Kier molecular flexibility index (Phi) is 3.38. The molecule has 0 saturated carbocycles. The highest BCUT2D eigenvalue weighted by Gasteiger charge is 2.09. The molecule has 1 aromatic heterocycles. The maximum absolute atomic E-state index is 11.0. The van der Waals surface area contributed by atoms with Crippen molar-refractivity contribution >= 4 is 11.9 Å². The van der Waals surface area contributed by atoms with Crippen LogP contribution in [0.5, 0.6) is 5.75 Å². The SMILES string of the molecule is C=CC(=O)Nc1noc(-c2ccc(OC)cc2)n1. The lowest BCUT2D eigenvalue weighted by molar-refractivity contribution is -0.111. The molecule has 1 heterocycles. The summed E-state index contributed by atoms with van der Waals surface area (Å²) in [5, 5.41) is 6.03. The zero-order valence-corrected chi connectivity index (χ0v) is 9.71. The second kappa shape index (κ2) is 5.13. The van der Waals surface area contributed by atoms with Gasteiger partial charge in [0, 0.05) is 5.56 Å². The number of hydrogen-bond donors (Lipinski definition) is 1. The number of carbonyl (C=O) groups is 1. The molecular weight excluding hydrogens is 234 g/mol. The van der Waals surface area contributed by atoms with Crippen molar-refractivity contribution in [2.24, 2.45) is 0 Å². The third kappa shape index (κ3) is 2.54. The van der Waals surface area contributed by atoms with E-state index >= 15 is 0 Å². The Labute approximate surface area is 103 Å². The van der Waals surface area contributed by atoms with Gasteiger partial charge in [-0.25, -0.2) is 0 Å². The standard InChI is InChI=1S/C12H11N3O3/c1-3-10(16)13-12-14-11(18-15-12)8-4-6-9(17-2)7-5-8/h3-7H,1H2,2H3,(H,13,15,16). The first-order chi connectivity index (χ1) is 8.72. The van der Waals surface area contributed by atoms with Crippen LogP contribution in [0.15, 0.2) is 41.4 Å². The summed E-state index contributed by atoms with van der Waals surface area (Å²) in [6, 6.07) is 7.12. The summed E-state index contributed by atoms with van der Waals surface area (Å²) in [6.45, 7) is 3.33. The van der Waals surface area contributed by atoms with E-state index in [1.165, 1.54) is 0 Å². The van der Waals surface area contributed by atoms with Crippen molar-refractivity contribution < 1.29 is 14.1 Å². The smallest absolute Gasteiger partial charge is 0.270 e. The molecule has 18 heavy (non-hydrogen) atoms. The zero-order valence-electron chi connectivity index (χ0n) is 9.71. The molecule has 0 aliphatic rings. The van der Waals surface area contributed by atoms with Crippen molar-refractivity contribution in [3.63, 3.8) is 0 Å². The number of nitrogens with one attached hydrogen (secondary N) is 1. The molecule has 0 atom stereocenters. The number of methoxy groups -OCH3 is 1. The van der Waals surface area contributed by atoms with E-state index in [1.54, 1.807) is 31.4 Å². The van der Waals surface area contributed by atoms with Gasteiger partial charge in [0.15, 0.2) is 0 Å². The second-order valence-electron chi connectivity index (χ2n) is 3.35. The van der Waals surface area contributed by atoms with E-state index in [9.17, 15) is 4.79 Å². The Hall–Kier alpha value is -2.63. The molecule has 1 amide bonds. The summed E-state index contributed by atoms with van der Waals surface area (Å²) in [5.41, 5.74) is 0.738. The lowest BCUT2D eigenvalue weighted by Crippen LogP contribution is -2.08. The first-order valence-electron chi connectivity index (χ1n) is 5.14. The van der Waals surface area contributed by atoms with Crippen molar-refractivity contribution in [1.29, 1.82) is 0 Å². The Balaban J connectivity index is 2.18. The Bertz CT molecular complexity index is 560. The molecule has 2 aromatic rings. The van der Waals surface area contributed by atoms with Crippen LogP contribution in [0.25, 0.3) is 11.5 Å². The summed E-state index contributed by atoms with van der Waals surface area (Å²) in [7, 11) is 1.59. The minimum Gasteiger partial charge on any atom is -0.497 e. The van der Waals surface area contributed by atoms with Crippen LogP contribution < -0.4 is 10.1 Å². The van der Waals surface area contributed by atoms with E-state index in [2.05, 4.69) is 22.0 Å². The summed E-state index contributed by atoms with van der Waals surface area (Å²) >= 11 is 0. The van der Waals surface area contributed by atoms with E-state index in [-0.39, 0.29) is 5.95 Å². The predicted octanol–water partition coefficient (Wildman–Crippen LogP) is 1.87. The molecular formula is C12H11N3O3. The Morgan fingerprint density at radius 1 is 1.44 bits per heavy atom. The lowest BCUT2D eigenvalue weighted by Gasteiger charge is -1.98. The molecule has 0 aliphatic heterocycles. The molecule has 6 nitrogen and oxygen atoms in total. The molecule has 0 bridgehead atoms. The van der Waals surface area contributed by atoms with Crippen molar-refractivity contribution in [3.8, 4) is 17.2 Å². The van der Waals surface area contributed by atoms with E-state index in [0.29, 0.717) is 5.89 Å². The zero-order chi connectivity index (χ0) is 13.0. The average Bonchev–Trinajstić information content (AvgIpc) is 2.87. The molecule has 2 rings (SSSR count). The fourth-order valence-corrected chi connectivity index (χ4v) is 1.29. The summed E-state index contributed by atoms with van der Waals surface area (Å²) in [5.74, 6) is 0.762. The van der Waals surface area contributed by atoms with Crippen molar-refractivity contribution in [3.05, 3.63) is 36.9 Å². The first kappa shape index (κ1) is 11.8. The fourth-order valence-electron chi connectivity index (χ4n) is 1.29. The topological polar surface area (TPSA) is 77.2 Å². The number of benzene rings is 1. The number of hydrogen-bond acceptors (Lipinski definition) is 5. The first-order valence-corrected chi connectivity index (χ1v) is 5.14. The van der Waals surface area contributed by atoms with Gasteiger partial charge in [0.25, 0.3) is 11.8 Å². The monoisotopic (exact) mass is 245 g/mol. The van der Waals surface area contributed by atoms with Gasteiger partial charge in [0.1, 0.15) is 5.75 Å². The Morgan fingerprint density at radius 3 is 2.78 bits per heavy atom. The van der Waals surface area contributed by atoms with E-state index in [1.807, 2.05) is 0 Å². The minimum absolute atomic E-state index is 0.103. The van der Waals surface area contributed by atoms with Gasteiger partial charge < -0.3 is 9.26 Å². The van der Waals surface area contributed by atoms with Crippen LogP contribution in [-0.2, 0) is 4.79 Å². The summed E-state index contributed by atoms with van der Waals surface area (Å²) in [4.78, 5) is 15.1. The number of ether oxygens (including phenoxy) is 1. The van der Waals surface area contributed by atoms with Crippen LogP contribution >= 0.6 is 0 Å². The molecule has 0 radical (unpaired) electrons. The number of nitrogens with zero attached hydrogens (tertiary/aromatic N) is 2. The highest BCUT2D eigenvalue weighted by atomic mass is 16.5. The van der Waals surface area contributed by atoms with Crippen LogP contribution in [0, 0.1) is 0 Å². The average molecular weight is 245 g/mol. The highest BCUT2D eigenvalue weighted by Crippen LogP contribution is 2.21. The molecule has 0 saturated heterocycles. The van der Waals surface area contributed by atoms with Gasteiger partial charge >= 0.3 is 0 Å². The maximum atomic E-state index is 11.0. The van der Waals surface area contributed by atoms with Crippen molar-refractivity contribution in [2.75, 3.05) is 12.4 Å². The van der Waals surface area contributed by atoms with E-state index in [4.69, 9.17) is 9.26 Å². The normalized spacial score (nSPS) is 9.83. The van der Waals surface area contributed by atoms with Gasteiger partial charge in [-0.3, -0.25) is 10.1 Å². The molecule has 1 aromatic carbocycles. The van der Waals surface area contributed by atoms with Crippen LogP contribution in [0.4, 0.5) is 5.95 Å². The van der Waals surface area contributed by atoms with Gasteiger partial charge in [-0.1, -0.05) is 6.58 Å². The lowest BCUT2D eigenvalue weighted by atomic mass is 10.2. The summed E-state index contributed by atoms with van der Waals surface area (Å²) < 4.78 is 10.1. The molecule has 6 heteroatoms. The Morgan fingerprint density at radius 2 is 2.17 bits per heavy atom. The van der Waals surface area contributed by atoms with E-state index < -0.39 is 5.91 Å². The third-order valence-corrected chi connectivity index (χ3v) is 2.18. The quantitative estimate of drug-likeness (QED) is 0.832.